The van der Waals surface area contributed by atoms with Gasteiger partial charge in [0.2, 0.25) is 17.5 Å². The number of benzene rings is 2. The summed E-state index contributed by atoms with van der Waals surface area (Å²) in [4.78, 5) is 14.2. The molecule has 61 heavy (non-hydrogen) atoms. The van der Waals surface area contributed by atoms with Gasteiger partial charge in [0, 0.05) is 17.7 Å². The molecule has 2 aromatic carbocycles. The second-order valence-corrected chi connectivity index (χ2v) is 15.0. The predicted molar refractivity (Wildman–Crippen MR) is 193 cm³/mol. The molecular formula is C37H46O24. The Bertz CT molecular complexity index is 2060. The first-order valence-corrected chi connectivity index (χ1v) is 18.8. The molecule has 24 nitrogen and oxygen atoms in total. The molecule has 7 rings (SSSR count). The van der Waals surface area contributed by atoms with Gasteiger partial charge in [-0.25, -0.2) is 0 Å². The van der Waals surface area contributed by atoms with Crippen molar-refractivity contribution >= 4 is 11.0 Å². The largest absolute Gasteiger partial charge is 0.508 e. The molecule has 18 atom stereocenters. The van der Waals surface area contributed by atoms with Crippen LogP contribution in [0.3, 0.4) is 0 Å². The third-order valence-electron chi connectivity index (χ3n) is 10.7. The topological polar surface area (TPSA) is 387 Å². The van der Waals surface area contributed by atoms with E-state index in [1.165, 1.54) is 13.0 Å². The van der Waals surface area contributed by atoms with Crippen molar-refractivity contribution in [3.05, 3.63) is 40.6 Å². The lowest BCUT2D eigenvalue weighted by Crippen LogP contribution is -2.66. The zero-order valence-corrected chi connectivity index (χ0v) is 31.7. The number of phenols is 4. The quantitative estimate of drug-likeness (QED) is 0.0850. The number of hydrogen-bond donors (Lipinski definition) is 14. The number of aromatic hydroxyl groups is 4. The van der Waals surface area contributed by atoms with E-state index in [0.29, 0.717) is 0 Å². The average Bonchev–Trinajstić information content (AvgIpc) is 3.21. The Kier molecular flexibility index (Phi) is 13.3. The second kappa shape index (κ2) is 18.0. The first kappa shape index (κ1) is 45.0. The summed E-state index contributed by atoms with van der Waals surface area (Å²) >= 11 is 0. The monoisotopic (exact) mass is 874 g/mol. The van der Waals surface area contributed by atoms with E-state index in [1.54, 1.807) is 0 Å². The van der Waals surface area contributed by atoms with Gasteiger partial charge in [-0.3, -0.25) is 4.79 Å². The lowest BCUT2D eigenvalue weighted by molar-refractivity contribution is -0.374. The molecule has 4 aliphatic rings. The maximum absolute atomic E-state index is 14.2. The van der Waals surface area contributed by atoms with Crippen LogP contribution in [0.2, 0.25) is 0 Å². The molecule has 3 aromatic rings. The summed E-state index contributed by atoms with van der Waals surface area (Å²) in [5, 5.41) is 146. The fourth-order valence-electron chi connectivity index (χ4n) is 7.26. The van der Waals surface area contributed by atoms with E-state index >= 15 is 0 Å². The van der Waals surface area contributed by atoms with E-state index < -0.39 is 176 Å². The maximum Gasteiger partial charge on any atom is 0.239 e. The summed E-state index contributed by atoms with van der Waals surface area (Å²) in [5.41, 5.74) is -1.59. The lowest BCUT2D eigenvalue weighted by atomic mass is 9.97. The van der Waals surface area contributed by atoms with Crippen molar-refractivity contribution in [2.75, 3.05) is 19.8 Å². The number of rotatable bonds is 10. The van der Waals surface area contributed by atoms with Crippen molar-refractivity contribution in [1.29, 1.82) is 0 Å². The van der Waals surface area contributed by atoms with Crippen LogP contribution in [0.5, 0.6) is 28.7 Å². The zero-order valence-electron chi connectivity index (χ0n) is 31.7. The first-order chi connectivity index (χ1) is 28.9. The van der Waals surface area contributed by atoms with Crippen LogP contribution in [0.15, 0.2) is 39.5 Å². The lowest BCUT2D eigenvalue weighted by Gasteiger charge is -2.47. The van der Waals surface area contributed by atoms with E-state index in [1.807, 2.05) is 0 Å². The van der Waals surface area contributed by atoms with Gasteiger partial charge in [-0.05, 0) is 25.1 Å². The fraction of sp³-hybridized carbons (Fsp3) is 0.595. The maximum atomic E-state index is 14.2. The van der Waals surface area contributed by atoms with Crippen LogP contribution in [-0.2, 0) is 33.2 Å². The predicted octanol–water partition coefficient (Wildman–Crippen LogP) is -4.76. The number of ether oxygens (including phenoxy) is 8. The molecule has 0 radical (unpaired) electrons. The molecule has 4 saturated heterocycles. The highest BCUT2D eigenvalue weighted by atomic mass is 16.8. The molecule has 0 saturated carbocycles. The van der Waals surface area contributed by atoms with Gasteiger partial charge in [0.15, 0.2) is 42.2 Å². The molecule has 14 N–H and O–H groups in total. The third kappa shape index (κ3) is 8.82. The molecule has 5 heterocycles. The van der Waals surface area contributed by atoms with Crippen LogP contribution in [-0.4, -0.2) is 202 Å². The van der Waals surface area contributed by atoms with Crippen molar-refractivity contribution in [2.24, 2.45) is 0 Å². The van der Waals surface area contributed by atoms with Gasteiger partial charge in [-0.1, -0.05) is 0 Å². The molecule has 24 heteroatoms. The van der Waals surface area contributed by atoms with Crippen molar-refractivity contribution in [1.82, 2.24) is 0 Å². The Hall–Kier alpha value is -4.03. The average molecular weight is 875 g/mol. The Balaban J connectivity index is 1.24. The van der Waals surface area contributed by atoms with Gasteiger partial charge in [0.1, 0.15) is 95.7 Å². The van der Waals surface area contributed by atoms with Crippen LogP contribution in [0.1, 0.15) is 6.92 Å². The minimum absolute atomic E-state index is 0.112. The number of aliphatic hydroxyl groups excluding tert-OH is 10. The SMILES string of the molecule is C[C@@H]1O[C@@H](Oc2c(-c3ccc(O)c(O)c3)oc3cc(O)cc(O)c3c2=O)[C@@H](O[C@@H]2O[C@H](CO[C@@H]3OC[C@@H](O)[C@@H](O)[C@H]3O)[C@@H](O)[C@H](O)[C@H]2O)[C@H](O)[C@H]1O[C@@H]1OC[C@H](O)[C@H](O)[C@@H]1O. The Morgan fingerprint density at radius 2 is 1.25 bits per heavy atom. The third-order valence-corrected chi connectivity index (χ3v) is 10.7. The Morgan fingerprint density at radius 3 is 1.92 bits per heavy atom. The summed E-state index contributed by atoms with van der Waals surface area (Å²) in [6.45, 7) is -0.303. The molecule has 0 bridgehead atoms. The highest BCUT2D eigenvalue weighted by Crippen LogP contribution is 2.41. The van der Waals surface area contributed by atoms with Gasteiger partial charge < -0.3 is 114 Å². The van der Waals surface area contributed by atoms with Crippen LogP contribution < -0.4 is 10.2 Å². The molecule has 0 aliphatic carbocycles. The van der Waals surface area contributed by atoms with E-state index in [9.17, 15) is 76.3 Å². The zero-order chi connectivity index (χ0) is 44.2. The van der Waals surface area contributed by atoms with E-state index in [2.05, 4.69) is 0 Å². The molecule has 0 spiro atoms. The van der Waals surface area contributed by atoms with Crippen LogP contribution in [0.4, 0.5) is 0 Å². The van der Waals surface area contributed by atoms with Gasteiger partial charge in [-0.2, -0.15) is 0 Å². The number of aliphatic hydroxyl groups is 10. The molecule has 1 aromatic heterocycles. The van der Waals surface area contributed by atoms with Crippen LogP contribution >= 0.6 is 0 Å². The Morgan fingerprint density at radius 1 is 0.623 bits per heavy atom. The molecule has 0 amide bonds. The van der Waals surface area contributed by atoms with E-state index in [0.717, 1.165) is 24.3 Å². The van der Waals surface area contributed by atoms with Crippen molar-refractivity contribution in [3.8, 4) is 40.1 Å². The summed E-state index contributed by atoms with van der Waals surface area (Å²) in [5.74, 6) is -3.77. The summed E-state index contributed by atoms with van der Waals surface area (Å²) < 4.78 is 51.6. The number of phenolic OH excluding ortho intramolecular Hbond substituents is 4. The summed E-state index contributed by atoms with van der Waals surface area (Å²) in [6, 6.07) is 5.05. The second-order valence-electron chi connectivity index (χ2n) is 15.0. The summed E-state index contributed by atoms with van der Waals surface area (Å²) in [7, 11) is 0. The van der Waals surface area contributed by atoms with E-state index in [-0.39, 0.29) is 11.1 Å². The van der Waals surface area contributed by atoms with Crippen molar-refractivity contribution in [3.63, 3.8) is 0 Å². The first-order valence-electron chi connectivity index (χ1n) is 18.8. The van der Waals surface area contributed by atoms with Gasteiger partial charge in [0.05, 0.1) is 25.9 Å². The number of hydrogen-bond acceptors (Lipinski definition) is 24. The highest BCUT2D eigenvalue weighted by Gasteiger charge is 2.54. The minimum Gasteiger partial charge on any atom is -0.508 e. The summed E-state index contributed by atoms with van der Waals surface area (Å²) in [6.07, 6.45) is -31.8. The molecule has 4 fully saturated rings. The van der Waals surface area contributed by atoms with Crippen LogP contribution in [0.25, 0.3) is 22.3 Å². The van der Waals surface area contributed by atoms with Gasteiger partial charge in [0.25, 0.3) is 0 Å². The molecular weight excluding hydrogens is 828 g/mol. The molecule has 4 aliphatic heterocycles. The van der Waals surface area contributed by atoms with Gasteiger partial charge >= 0.3 is 0 Å². The van der Waals surface area contributed by atoms with E-state index in [4.69, 9.17) is 42.3 Å². The molecule has 0 unspecified atom stereocenters. The smallest absolute Gasteiger partial charge is 0.239 e. The number of fused-ring (bicyclic) bond motifs is 1. The van der Waals surface area contributed by atoms with Crippen molar-refractivity contribution < 1.29 is 114 Å². The highest BCUT2D eigenvalue weighted by molar-refractivity contribution is 5.88. The normalized spacial score (nSPS) is 39.6. The van der Waals surface area contributed by atoms with Crippen LogP contribution in [0, 0.1) is 0 Å². The minimum atomic E-state index is -2.11. The standard InChI is InChI=1S/C37H46O24/c1-10-30(59-35-27(50)22(45)17(43)8-54-35)29(52)33(61-36-28(51)25(48)23(46)19(58-36)9-55-34-26(49)21(44)16(42)7-53-34)37(56-10)60-32-24(47)20-15(41)5-12(38)6-18(20)57-31(32)11-2-3-13(39)14(40)4-11/h2-6,10,16-17,19,21-23,25-30,33-46,48-52H,7-9H2,1H3/t10-,16+,17-,19+,21+,22-,23+,25-,26+,27-,28+,29+,30-,33-,34-,35-,36-,37-/m0/s1. The molecule has 338 valence electrons. The Labute approximate surface area is 342 Å². The fourth-order valence-corrected chi connectivity index (χ4v) is 7.26. The van der Waals surface area contributed by atoms with Gasteiger partial charge in [-0.15, -0.1) is 0 Å². The van der Waals surface area contributed by atoms with Crippen molar-refractivity contribution in [2.45, 2.75) is 118 Å².